The van der Waals surface area contributed by atoms with E-state index >= 15 is 0 Å². The molecular weight excluding hydrogens is 460 g/mol. The maximum Gasteiger partial charge on any atom is 0.186 e. The Morgan fingerprint density at radius 3 is 2.35 bits per heavy atom. The van der Waals surface area contributed by atoms with Gasteiger partial charge in [0.25, 0.3) is 0 Å². The van der Waals surface area contributed by atoms with Crippen LogP contribution in [0.2, 0.25) is 0 Å². The second kappa shape index (κ2) is 9.70. The summed E-state index contributed by atoms with van der Waals surface area (Å²) < 4.78 is 7.07. The molecule has 182 valence electrons. The molecule has 2 aromatic heterocycles. The van der Waals surface area contributed by atoms with Crippen LogP contribution in [0, 0.1) is 0 Å². The molecule has 0 bridgehead atoms. The highest BCUT2D eigenvalue weighted by molar-refractivity contribution is 5.88. The van der Waals surface area contributed by atoms with Gasteiger partial charge in [0.15, 0.2) is 17.2 Å². The number of aromatic nitrogens is 3. The molecule has 7 heteroatoms. The molecule has 0 spiro atoms. The fourth-order valence-corrected chi connectivity index (χ4v) is 4.80. The van der Waals surface area contributed by atoms with Crippen molar-refractivity contribution in [3.63, 3.8) is 0 Å². The number of nitrogens with two attached hydrogens (primary N) is 1. The molecule has 0 unspecified atom stereocenters. The largest absolute Gasteiger partial charge is 0.497 e. The number of hydrogen-bond donors (Lipinski definition) is 1. The van der Waals surface area contributed by atoms with Gasteiger partial charge in [-0.25, -0.2) is 9.50 Å². The van der Waals surface area contributed by atoms with E-state index < -0.39 is 0 Å². The lowest BCUT2D eigenvalue weighted by molar-refractivity contribution is 0.415. The number of rotatable bonds is 5. The number of hydrogen-bond acceptors (Lipinski definition) is 6. The monoisotopic (exact) mass is 486 g/mol. The summed E-state index contributed by atoms with van der Waals surface area (Å²) in [6.07, 6.45) is 5.14. The van der Waals surface area contributed by atoms with Gasteiger partial charge in [-0.3, -0.25) is 0 Å². The molecule has 0 amide bonds. The Kier molecular flexibility index (Phi) is 5.94. The molecule has 0 radical (unpaired) electrons. The minimum Gasteiger partial charge on any atom is -0.497 e. The number of benzene rings is 3. The van der Waals surface area contributed by atoms with E-state index in [1.54, 1.807) is 7.11 Å². The first-order valence-electron chi connectivity index (χ1n) is 12.3. The summed E-state index contributed by atoms with van der Waals surface area (Å²) in [6, 6.07) is 28.0. The summed E-state index contributed by atoms with van der Waals surface area (Å²) in [7, 11) is 1.63. The number of azo groups is 1. The Labute approximate surface area is 215 Å². The van der Waals surface area contributed by atoms with Gasteiger partial charge in [-0.1, -0.05) is 60.7 Å². The molecule has 37 heavy (non-hydrogen) atoms. The van der Waals surface area contributed by atoms with Crippen LogP contribution in [0.25, 0.3) is 28.6 Å². The van der Waals surface area contributed by atoms with E-state index in [1.165, 1.54) is 11.1 Å². The molecular formula is C30H26N6O. The number of nitrogens with zero attached hydrogens (tertiary/aromatic N) is 5. The van der Waals surface area contributed by atoms with Crippen LogP contribution < -0.4 is 10.5 Å². The maximum absolute atomic E-state index is 6.41. The van der Waals surface area contributed by atoms with Gasteiger partial charge < -0.3 is 10.5 Å². The van der Waals surface area contributed by atoms with Gasteiger partial charge in [0.1, 0.15) is 5.75 Å². The quantitative estimate of drug-likeness (QED) is 0.264. The molecule has 2 heterocycles. The highest BCUT2D eigenvalue weighted by Crippen LogP contribution is 2.40. The van der Waals surface area contributed by atoms with Crippen LogP contribution in [0.4, 0.5) is 17.2 Å². The maximum atomic E-state index is 6.41. The number of ether oxygens (including phenoxy) is 1. The number of allylic oxidation sites excluding steroid dienone is 1. The van der Waals surface area contributed by atoms with Crippen LogP contribution in [0.15, 0.2) is 95.2 Å². The van der Waals surface area contributed by atoms with E-state index in [1.807, 2.05) is 53.0 Å². The van der Waals surface area contributed by atoms with E-state index in [0.29, 0.717) is 17.0 Å². The predicted molar refractivity (Wildman–Crippen MR) is 147 cm³/mol. The molecule has 0 saturated carbocycles. The molecule has 2 N–H and O–H groups in total. The Bertz CT molecular complexity index is 1620. The topological polar surface area (TPSA) is 90.2 Å². The third-order valence-corrected chi connectivity index (χ3v) is 6.57. The van der Waals surface area contributed by atoms with Crippen molar-refractivity contribution in [1.82, 2.24) is 14.6 Å². The zero-order chi connectivity index (χ0) is 25.2. The van der Waals surface area contributed by atoms with Crippen molar-refractivity contribution in [2.75, 3.05) is 12.8 Å². The molecule has 6 rings (SSSR count). The van der Waals surface area contributed by atoms with Crippen LogP contribution in [-0.2, 0) is 6.42 Å². The molecule has 0 fully saturated rings. The Morgan fingerprint density at radius 2 is 1.62 bits per heavy atom. The molecule has 7 nitrogen and oxygen atoms in total. The van der Waals surface area contributed by atoms with Crippen molar-refractivity contribution >= 4 is 34.5 Å². The summed E-state index contributed by atoms with van der Waals surface area (Å²) >= 11 is 0. The SMILES string of the molecule is COc1ccc(N=Nc2c(N)nn3c(-c4ccccc4)c4c(nc23)/C(=C\c2ccccc2)CCC4)cc1. The molecule has 3 aromatic carbocycles. The van der Waals surface area contributed by atoms with Crippen LogP contribution in [0.1, 0.15) is 29.7 Å². The highest BCUT2D eigenvalue weighted by Gasteiger charge is 2.26. The second-order valence-corrected chi connectivity index (χ2v) is 8.95. The van der Waals surface area contributed by atoms with E-state index in [-0.39, 0.29) is 5.82 Å². The van der Waals surface area contributed by atoms with Gasteiger partial charge >= 0.3 is 0 Å². The Balaban J connectivity index is 1.56. The lowest BCUT2D eigenvalue weighted by atomic mass is 9.87. The zero-order valence-electron chi connectivity index (χ0n) is 20.5. The van der Waals surface area contributed by atoms with Crippen molar-refractivity contribution in [3.8, 4) is 17.0 Å². The van der Waals surface area contributed by atoms with E-state index in [2.05, 4.69) is 57.8 Å². The Morgan fingerprint density at radius 1 is 0.892 bits per heavy atom. The van der Waals surface area contributed by atoms with Crippen LogP contribution in [-0.4, -0.2) is 21.7 Å². The molecule has 1 aliphatic carbocycles. The lowest BCUT2D eigenvalue weighted by Gasteiger charge is -2.22. The van der Waals surface area contributed by atoms with E-state index in [0.717, 1.165) is 47.5 Å². The molecule has 5 aromatic rings. The van der Waals surface area contributed by atoms with Gasteiger partial charge in [-0.2, -0.15) is 5.11 Å². The number of fused-ring (bicyclic) bond motifs is 2. The normalized spacial score (nSPS) is 14.4. The first-order valence-corrected chi connectivity index (χ1v) is 12.3. The number of nitrogen functional groups attached to an aromatic ring is 1. The fraction of sp³-hybridized carbons (Fsp3) is 0.133. The third kappa shape index (κ3) is 4.36. The van der Waals surface area contributed by atoms with Gasteiger partial charge in [0.05, 0.1) is 24.2 Å². The number of anilines is 1. The Hall–Kier alpha value is -4.78. The van der Waals surface area contributed by atoms with Crippen LogP contribution in [0.5, 0.6) is 5.75 Å². The third-order valence-electron chi connectivity index (χ3n) is 6.57. The van der Waals surface area contributed by atoms with Gasteiger partial charge in [-0.15, -0.1) is 10.2 Å². The smallest absolute Gasteiger partial charge is 0.186 e. The van der Waals surface area contributed by atoms with E-state index in [4.69, 9.17) is 15.5 Å². The lowest BCUT2D eigenvalue weighted by Crippen LogP contribution is -2.11. The van der Waals surface area contributed by atoms with Gasteiger partial charge in [0.2, 0.25) is 0 Å². The van der Waals surface area contributed by atoms with Gasteiger partial charge in [0, 0.05) is 11.1 Å². The summed E-state index contributed by atoms with van der Waals surface area (Å²) in [5.41, 5.74) is 14.7. The molecule has 0 saturated heterocycles. The summed E-state index contributed by atoms with van der Waals surface area (Å²) in [6.45, 7) is 0. The first kappa shape index (κ1) is 22.7. The fourth-order valence-electron chi connectivity index (χ4n) is 4.80. The molecule has 0 aliphatic heterocycles. The van der Waals surface area contributed by atoms with Crippen LogP contribution >= 0.6 is 0 Å². The summed E-state index contributed by atoms with van der Waals surface area (Å²) in [4.78, 5) is 5.12. The second-order valence-electron chi connectivity index (χ2n) is 8.95. The van der Waals surface area contributed by atoms with Crippen molar-refractivity contribution in [1.29, 1.82) is 0 Å². The zero-order valence-corrected chi connectivity index (χ0v) is 20.5. The summed E-state index contributed by atoms with van der Waals surface area (Å²) in [5, 5.41) is 13.6. The minimum atomic E-state index is 0.290. The van der Waals surface area contributed by atoms with E-state index in [9.17, 15) is 0 Å². The van der Waals surface area contributed by atoms with Crippen molar-refractivity contribution in [2.45, 2.75) is 19.3 Å². The molecule has 1 aliphatic rings. The van der Waals surface area contributed by atoms with Gasteiger partial charge in [-0.05, 0) is 60.7 Å². The van der Waals surface area contributed by atoms with Crippen molar-refractivity contribution in [3.05, 3.63) is 102 Å². The number of methoxy groups -OCH3 is 1. The predicted octanol–water partition coefficient (Wildman–Crippen LogP) is 7.28. The average Bonchev–Trinajstić information content (AvgIpc) is 3.26. The summed E-state index contributed by atoms with van der Waals surface area (Å²) in [5.74, 6) is 1.05. The molecule has 0 atom stereocenters. The standard InChI is InChI=1S/C30H26N6O/c1-37-24-17-15-23(16-18-24)33-34-27-29(31)35-36-28(21-11-6-3-7-12-21)25-14-8-13-22(26(25)32-30(27)36)19-20-9-4-2-5-10-20/h2-7,9-12,15-19H,8,13-14H2,1H3,(H2,31,35)/b22-19-,34-33?. The minimum absolute atomic E-state index is 0.290. The van der Waals surface area contributed by atoms with Crippen LogP contribution in [0.3, 0.4) is 0 Å². The average molecular weight is 487 g/mol. The van der Waals surface area contributed by atoms with Crippen molar-refractivity contribution < 1.29 is 4.74 Å². The van der Waals surface area contributed by atoms with Crippen molar-refractivity contribution in [2.24, 2.45) is 10.2 Å². The first-order chi connectivity index (χ1) is 18.2. The highest BCUT2D eigenvalue weighted by atomic mass is 16.5.